The molecule has 0 bridgehead atoms. The summed E-state index contributed by atoms with van der Waals surface area (Å²) in [5, 5.41) is 2.20. The van der Waals surface area contributed by atoms with Crippen molar-refractivity contribution < 1.29 is 14.4 Å². The molecule has 0 spiro atoms. The smallest absolute Gasteiger partial charge is 0.277 e. The van der Waals surface area contributed by atoms with Gasteiger partial charge < -0.3 is 0 Å². The highest BCUT2D eigenvalue weighted by molar-refractivity contribution is 6.16. The highest BCUT2D eigenvalue weighted by Crippen LogP contribution is 2.18. The van der Waals surface area contributed by atoms with Crippen LogP contribution < -0.4 is 5.32 Å². The Labute approximate surface area is 101 Å². The number of nitrogens with one attached hydrogen (secondary N) is 1. The first kappa shape index (κ1) is 13.2. The standard InChI is InChI=1S/C12H16N2O3/c1-4-5-6-7-14-11(16)9(8(2)3)10(15)13-12(14)17/h8-9H,6-7H2,1-3H3,(H,13,15,17). The first-order valence-corrected chi connectivity index (χ1v) is 5.54. The molecule has 5 heteroatoms. The van der Waals surface area contributed by atoms with Gasteiger partial charge in [-0.15, -0.1) is 11.8 Å². The molecule has 0 aliphatic carbocycles. The highest BCUT2D eigenvalue weighted by Gasteiger charge is 2.41. The van der Waals surface area contributed by atoms with Crippen LogP contribution in [0.2, 0.25) is 0 Å². The number of urea groups is 1. The molecule has 92 valence electrons. The second-order valence-corrected chi connectivity index (χ2v) is 4.18. The first-order valence-electron chi connectivity index (χ1n) is 5.54. The number of rotatable bonds is 3. The van der Waals surface area contributed by atoms with Gasteiger partial charge in [-0.1, -0.05) is 13.8 Å². The normalized spacial score (nSPS) is 20.1. The van der Waals surface area contributed by atoms with Gasteiger partial charge in [0.05, 0.1) is 0 Å². The molecule has 1 aliphatic rings. The van der Waals surface area contributed by atoms with E-state index in [1.807, 2.05) is 0 Å². The van der Waals surface area contributed by atoms with Gasteiger partial charge in [-0.3, -0.25) is 19.8 Å². The Morgan fingerprint density at radius 2 is 2.00 bits per heavy atom. The summed E-state index contributed by atoms with van der Waals surface area (Å²) in [5.74, 6) is 3.64. The van der Waals surface area contributed by atoms with Crippen molar-refractivity contribution in [1.29, 1.82) is 0 Å². The van der Waals surface area contributed by atoms with Crippen molar-refractivity contribution in [2.75, 3.05) is 6.54 Å². The van der Waals surface area contributed by atoms with Crippen LogP contribution in [0.4, 0.5) is 4.79 Å². The Kier molecular flexibility index (Phi) is 4.27. The molecule has 1 heterocycles. The van der Waals surface area contributed by atoms with Gasteiger partial charge in [0.2, 0.25) is 11.8 Å². The molecule has 1 N–H and O–H groups in total. The number of carbonyl (C=O) groups excluding carboxylic acids is 3. The Hall–Kier alpha value is -1.83. The van der Waals surface area contributed by atoms with Crippen LogP contribution in [0.25, 0.3) is 0 Å². The molecular weight excluding hydrogens is 220 g/mol. The molecule has 0 aromatic rings. The molecule has 17 heavy (non-hydrogen) atoms. The summed E-state index contributed by atoms with van der Waals surface area (Å²) >= 11 is 0. The number of hydrogen-bond donors (Lipinski definition) is 1. The number of imide groups is 2. The minimum atomic E-state index is -0.776. The second kappa shape index (κ2) is 5.48. The topological polar surface area (TPSA) is 66.5 Å². The van der Waals surface area contributed by atoms with Gasteiger partial charge in [-0.25, -0.2) is 4.79 Å². The Morgan fingerprint density at radius 1 is 1.35 bits per heavy atom. The number of hydrogen-bond acceptors (Lipinski definition) is 3. The van der Waals surface area contributed by atoms with Crippen LogP contribution in [0.1, 0.15) is 27.2 Å². The molecule has 0 radical (unpaired) electrons. The average Bonchev–Trinajstić information content (AvgIpc) is 2.21. The third kappa shape index (κ3) is 2.84. The van der Waals surface area contributed by atoms with E-state index in [2.05, 4.69) is 17.2 Å². The van der Waals surface area contributed by atoms with E-state index in [1.54, 1.807) is 20.8 Å². The number of amides is 4. The molecule has 1 aliphatic heterocycles. The fourth-order valence-corrected chi connectivity index (χ4v) is 1.72. The summed E-state index contributed by atoms with van der Waals surface area (Å²) in [4.78, 5) is 36.1. The number of barbiturate groups is 1. The molecule has 0 aromatic carbocycles. The van der Waals surface area contributed by atoms with Crippen molar-refractivity contribution in [1.82, 2.24) is 10.2 Å². The van der Waals surface area contributed by atoms with Crippen LogP contribution in [0.15, 0.2) is 0 Å². The molecule has 4 amide bonds. The minimum absolute atomic E-state index is 0.129. The lowest BCUT2D eigenvalue weighted by molar-refractivity contribution is -0.144. The Balaban J connectivity index is 2.81. The number of nitrogens with zero attached hydrogens (tertiary/aromatic N) is 1. The molecule has 0 aromatic heterocycles. The van der Waals surface area contributed by atoms with E-state index in [1.165, 1.54) is 0 Å². The van der Waals surface area contributed by atoms with Crippen LogP contribution >= 0.6 is 0 Å². The van der Waals surface area contributed by atoms with Gasteiger partial charge in [0.25, 0.3) is 0 Å². The van der Waals surface area contributed by atoms with Gasteiger partial charge in [0, 0.05) is 13.0 Å². The van der Waals surface area contributed by atoms with Gasteiger partial charge in [-0.2, -0.15) is 0 Å². The van der Waals surface area contributed by atoms with Crippen LogP contribution in [0, 0.1) is 23.7 Å². The minimum Gasteiger partial charge on any atom is -0.277 e. The van der Waals surface area contributed by atoms with Crippen LogP contribution in [0.5, 0.6) is 0 Å². The molecule has 1 rings (SSSR count). The lowest BCUT2D eigenvalue weighted by atomic mass is 9.92. The van der Waals surface area contributed by atoms with Crippen LogP contribution in [-0.4, -0.2) is 29.3 Å². The van der Waals surface area contributed by atoms with Crippen molar-refractivity contribution in [2.24, 2.45) is 11.8 Å². The first-order chi connectivity index (χ1) is 7.99. The largest absolute Gasteiger partial charge is 0.330 e. The zero-order chi connectivity index (χ0) is 13.0. The Morgan fingerprint density at radius 3 is 2.53 bits per heavy atom. The summed E-state index contributed by atoms with van der Waals surface area (Å²) in [6, 6.07) is -0.644. The Bertz CT molecular complexity index is 404. The number of carbonyl (C=O) groups is 3. The second-order valence-electron chi connectivity index (χ2n) is 4.18. The summed E-state index contributed by atoms with van der Waals surface area (Å²) in [6.45, 7) is 5.48. The molecule has 0 saturated carbocycles. The summed E-state index contributed by atoms with van der Waals surface area (Å²) in [7, 11) is 0. The highest BCUT2D eigenvalue weighted by atomic mass is 16.2. The molecule has 1 unspecified atom stereocenters. The third-order valence-corrected chi connectivity index (χ3v) is 2.59. The predicted molar refractivity (Wildman–Crippen MR) is 61.6 cm³/mol. The molecular formula is C12H16N2O3. The zero-order valence-electron chi connectivity index (χ0n) is 10.2. The van der Waals surface area contributed by atoms with E-state index >= 15 is 0 Å². The average molecular weight is 236 g/mol. The van der Waals surface area contributed by atoms with Crippen molar-refractivity contribution in [3.8, 4) is 11.8 Å². The summed E-state index contributed by atoms with van der Waals surface area (Å²) < 4.78 is 0. The fraction of sp³-hybridized carbons (Fsp3) is 0.583. The van der Waals surface area contributed by atoms with Crippen molar-refractivity contribution in [2.45, 2.75) is 27.2 Å². The van der Waals surface area contributed by atoms with Crippen LogP contribution in [-0.2, 0) is 9.59 Å². The van der Waals surface area contributed by atoms with Crippen molar-refractivity contribution in [3.63, 3.8) is 0 Å². The maximum absolute atomic E-state index is 12.0. The summed E-state index contributed by atoms with van der Waals surface area (Å²) in [6.07, 6.45) is 0.425. The summed E-state index contributed by atoms with van der Waals surface area (Å²) in [5.41, 5.74) is 0. The third-order valence-electron chi connectivity index (χ3n) is 2.59. The van der Waals surface area contributed by atoms with E-state index in [9.17, 15) is 14.4 Å². The molecule has 1 atom stereocenters. The zero-order valence-corrected chi connectivity index (χ0v) is 10.2. The lowest BCUT2D eigenvalue weighted by Gasteiger charge is -2.31. The van der Waals surface area contributed by atoms with Gasteiger partial charge in [0.15, 0.2) is 0 Å². The van der Waals surface area contributed by atoms with E-state index in [0.29, 0.717) is 6.42 Å². The molecule has 5 nitrogen and oxygen atoms in total. The van der Waals surface area contributed by atoms with Gasteiger partial charge in [-0.05, 0) is 12.8 Å². The van der Waals surface area contributed by atoms with Crippen molar-refractivity contribution in [3.05, 3.63) is 0 Å². The monoisotopic (exact) mass is 236 g/mol. The lowest BCUT2D eigenvalue weighted by Crippen LogP contribution is -2.59. The van der Waals surface area contributed by atoms with E-state index in [0.717, 1.165) is 4.90 Å². The predicted octanol–water partition coefficient (Wildman–Crippen LogP) is 0.750. The van der Waals surface area contributed by atoms with Crippen molar-refractivity contribution >= 4 is 17.8 Å². The molecule has 1 saturated heterocycles. The molecule has 1 fully saturated rings. The fourth-order valence-electron chi connectivity index (χ4n) is 1.72. The van der Waals surface area contributed by atoms with E-state index in [4.69, 9.17) is 0 Å². The van der Waals surface area contributed by atoms with E-state index in [-0.39, 0.29) is 12.5 Å². The maximum atomic E-state index is 12.0. The SMILES string of the molecule is CC#CCCN1C(=O)NC(=O)C(C(C)C)C1=O. The maximum Gasteiger partial charge on any atom is 0.330 e. The van der Waals surface area contributed by atoms with Gasteiger partial charge >= 0.3 is 6.03 Å². The van der Waals surface area contributed by atoms with Gasteiger partial charge in [0.1, 0.15) is 5.92 Å². The van der Waals surface area contributed by atoms with Crippen LogP contribution in [0.3, 0.4) is 0 Å². The van der Waals surface area contributed by atoms with E-state index < -0.39 is 23.8 Å². The quantitative estimate of drug-likeness (QED) is 0.581.